The second kappa shape index (κ2) is 10.3. The molecule has 3 aliphatic rings. The zero-order valence-electron chi connectivity index (χ0n) is 22.9. The van der Waals surface area contributed by atoms with Gasteiger partial charge >= 0.3 is 5.76 Å². The molecule has 0 unspecified atom stereocenters. The fourth-order valence-corrected chi connectivity index (χ4v) is 6.21. The minimum absolute atomic E-state index is 0.102. The van der Waals surface area contributed by atoms with E-state index in [0.29, 0.717) is 29.9 Å². The lowest BCUT2D eigenvalue weighted by molar-refractivity contribution is 0.0274. The van der Waals surface area contributed by atoms with Gasteiger partial charge in [0.15, 0.2) is 11.5 Å². The molecule has 0 radical (unpaired) electrons. The second-order valence-electron chi connectivity index (χ2n) is 11.8. The Morgan fingerprint density at radius 1 is 1.08 bits per heavy atom. The molecule has 11 heteroatoms. The Hall–Kier alpha value is -2.95. The first-order valence-electron chi connectivity index (χ1n) is 14.4. The first kappa shape index (κ1) is 25.3. The van der Waals surface area contributed by atoms with Crippen LogP contribution in [0, 0.1) is 17.8 Å². The van der Waals surface area contributed by atoms with E-state index >= 15 is 0 Å². The zero-order valence-corrected chi connectivity index (χ0v) is 22.9. The number of aromatic amines is 1. The van der Waals surface area contributed by atoms with Gasteiger partial charge in [-0.05, 0) is 64.2 Å². The van der Waals surface area contributed by atoms with Crippen molar-refractivity contribution in [3.63, 3.8) is 0 Å². The van der Waals surface area contributed by atoms with Crippen molar-refractivity contribution in [2.75, 3.05) is 23.4 Å². The molecular formula is C27H40N8O3. The van der Waals surface area contributed by atoms with Crippen molar-refractivity contribution >= 4 is 22.9 Å². The molecule has 3 aromatic heterocycles. The fourth-order valence-electron chi connectivity index (χ4n) is 6.21. The van der Waals surface area contributed by atoms with E-state index in [2.05, 4.69) is 52.6 Å². The highest BCUT2D eigenvalue weighted by Crippen LogP contribution is 2.37. The van der Waals surface area contributed by atoms with Crippen LogP contribution in [0.15, 0.2) is 9.32 Å². The van der Waals surface area contributed by atoms with E-state index in [4.69, 9.17) is 24.2 Å². The number of anilines is 2. The number of hydrogen-bond acceptors (Lipinski definition) is 9. The Balaban J connectivity index is 1.49. The molecular weight excluding hydrogens is 484 g/mol. The number of fused-ring (bicyclic) bond motifs is 1. The number of nitrogens with zero attached hydrogens (tertiary/aromatic N) is 6. The molecule has 3 atom stereocenters. The van der Waals surface area contributed by atoms with Gasteiger partial charge in [0, 0.05) is 19.1 Å². The predicted octanol–water partition coefficient (Wildman–Crippen LogP) is 4.21. The number of imidazole rings is 1. The topological polar surface area (TPSA) is 127 Å². The predicted molar refractivity (Wildman–Crippen MR) is 145 cm³/mol. The highest BCUT2D eigenvalue weighted by molar-refractivity contribution is 5.87. The second-order valence-corrected chi connectivity index (χ2v) is 11.8. The molecule has 2 aliphatic carbocycles. The lowest BCUT2D eigenvalue weighted by atomic mass is 9.80. The van der Waals surface area contributed by atoms with Gasteiger partial charge in [-0.3, -0.25) is 9.51 Å². The molecule has 1 saturated heterocycles. The molecule has 2 saturated carbocycles. The first-order valence-corrected chi connectivity index (χ1v) is 14.4. The van der Waals surface area contributed by atoms with Crippen LogP contribution in [0.2, 0.25) is 0 Å². The average Bonchev–Trinajstić information content (AvgIpc) is 3.45. The summed E-state index contributed by atoms with van der Waals surface area (Å²) in [5, 5.41) is 7.58. The number of morpholine rings is 1. The minimum atomic E-state index is -0.630. The van der Waals surface area contributed by atoms with Gasteiger partial charge < -0.3 is 19.5 Å². The van der Waals surface area contributed by atoms with Gasteiger partial charge in [-0.15, -0.1) is 0 Å². The maximum absolute atomic E-state index is 11.7. The standard InChI is InChI=1S/C27H40N8O3/c1-15-8-10-19(11-9-15)14-35-21-22(28-16(2)20-6-5-7-20)29-24(25-32-27(36)38-33-25)30-23(21)31-26(35)34-12-13-37-18(4)17(34)3/h15-20H,5-14H2,1-4H3,(H,28,29,30)(H,32,33,36)/t15?,16-,17-,18+,19?/m1/s1. The van der Waals surface area contributed by atoms with Gasteiger partial charge in [0.1, 0.15) is 5.52 Å². The maximum atomic E-state index is 11.7. The van der Waals surface area contributed by atoms with Crippen LogP contribution < -0.4 is 16.0 Å². The number of aromatic nitrogens is 6. The zero-order chi connectivity index (χ0) is 26.4. The Kier molecular flexibility index (Phi) is 6.88. The number of nitrogens with one attached hydrogen (secondary N) is 2. The van der Waals surface area contributed by atoms with E-state index in [9.17, 15) is 4.79 Å². The summed E-state index contributed by atoms with van der Waals surface area (Å²) in [6, 6.07) is 0.436. The third kappa shape index (κ3) is 4.81. The van der Waals surface area contributed by atoms with E-state index in [0.717, 1.165) is 36.3 Å². The van der Waals surface area contributed by atoms with Gasteiger partial charge in [-0.1, -0.05) is 31.3 Å². The number of rotatable bonds is 7. The molecule has 0 amide bonds. The van der Waals surface area contributed by atoms with Crippen LogP contribution in [0.1, 0.15) is 72.6 Å². The van der Waals surface area contributed by atoms with Crippen LogP contribution in [-0.4, -0.2) is 61.0 Å². The monoisotopic (exact) mass is 524 g/mol. The molecule has 206 valence electrons. The van der Waals surface area contributed by atoms with Gasteiger partial charge in [0.05, 0.1) is 18.8 Å². The van der Waals surface area contributed by atoms with Crippen LogP contribution in [0.25, 0.3) is 22.8 Å². The molecule has 11 nitrogen and oxygen atoms in total. The van der Waals surface area contributed by atoms with Crippen LogP contribution >= 0.6 is 0 Å². The summed E-state index contributed by atoms with van der Waals surface area (Å²) in [7, 11) is 0. The molecule has 3 aromatic rings. The van der Waals surface area contributed by atoms with E-state index in [1.165, 1.54) is 44.9 Å². The van der Waals surface area contributed by atoms with E-state index in [1.54, 1.807) is 0 Å². The van der Waals surface area contributed by atoms with Crippen molar-refractivity contribution in [3.05, 3.63) is 10.6 Å². The summed E-state index contributed by atoms with van der Waals surface area (Å²) in [4.78, 5) is 31.5. The normalized spacial score (nSPS) is 27.4. The van der Waals surface area contributed by atoms with Crippen LogP contribution in [0.3, 0.4) is 0 Å². The van der Waals surface area contributed by atoms with E-state index in [-0.39, 0.29) is 24.0 Å². The third-order valence-corrected chi connectivity index (χ3v) is 9.17. The van der Waals surface area contributed by atoms with Gasteiger partial charge in [-0.25, -0.2) is 14.8 Å². The molecule has 4 heterocycles. The SMILES string of the molecule is CC1CCC(Cn2c(N3CCO[C@@H](C)[C@H]3C)nc3nc(-c4noc(=O)[nH]4)nc(N[C@H](C)C4CCC4)c32)CC1. The highest BCUT2D eigenvalue weighted by atomic mass is 16.5. The van der Waals surface area contributed by atoms with Gasteiger partial charge in [0.25, 0.3) is 0 Å². The molecule has 38 heavy (non-hydrogen) atoms. The first-order chi connectivity index (χ1) is 18.4. The van der Waals surface area contributed by atoms with Crippen molar-refractivity contribution < 1.29 is 9.26 Å². The third-order valence-electron chi connectivity index (χ3n) is 9.17. The molecule has 0 bridgehead atoms. The minimum Gasteiger partial charge on any atom is -0.375 e. The molecule has 6 rings (SSSR count). The lowest BCUT2D eigenvalue weighted by Crippen LogP contribution is -2.49. The quantitative estimate of drug-likeness (QED) is 0.467. The summed E-state index contributed by atoms with van der Waals surface area (Å²) < 4.78 is 13.1. The molecule has 3 fully saturated rings. The molecule has 2 N–H and O–H groups in total. The van der Waals surface area contributed by atoms with E-state index < -0.39 is 5.76 Å². The average molecular weight is 525 g/mol. The molecule has 1 aliphatic heterocycles. The van der Waals surface area contributed by atoms with Crippen molar-refractivity contribution in [2.45, 2.75) is 97.4 Å². The molecule has 0 spiro atoms. The summed E-state index contributed by atoms with van der Waals surface area (Å²) in [6.07, 6.45) is 8.79. The summed E-state index contributed by atoms with van der Waals surface area (Å²) in [5.41, 5.74) is 1.53. The van der Waals surface area contributed by atoms with Crippen LogP contribution in [0.5, 0.6) is 0 Å². The fraction of sp³-hybridized carbons (Fsp3) is 0.741. The van der Waals surface area contributed by atoms with Crippen LogP contribution in [-0.2, 0) is 11.3 Å². The van der Waals surface area contributed by atoms with Crippen molar-refractivity contribution in [2.24, 2.45) is 17.8 Å². The smallest absolute Gasteiger partial charge is 0.375 e. The van der Waals surface area contributed by atoms with Gasteiger partial charge in [-0.2, -0.15) is 4.98 Å². The van der Waals surface area contributed by atoms with Crippen molar-refractivity contribution in [1.29, 1.82) is 0 Å². The van der Waals surface area contributed by atoms with Crippen LogP contribution in [0.4, 0.5) is 11.8 Å². The highest BCUT2D eigenvalue weighted by Gasteiger charge is 2.33. The van der Waals surface area contributed by atoms with Crippen molar-refractivity contribution in [1.82, 2.24) is 29.7 Å². The largest absolute Gasteiger partial charge is 0.439 e. The van der Waals surface area contributed by atoms with E-state index in [1.807, 2.05) is 0 Å². The maximum Gasteiger partial charge on any atom is 0.439 e. The van der Waals surface area contributed by atoms with Crippen molar-refractivity contribution in [3.8, 4) is 11.6 Å². The number of hydrogen-bond donors (Lipinski definition) is 2. The Morgan fingerprint density at radius 2 is 1.87 bits per heavy atom. The Morgan fingerprint density at radius 3 is 2.55 bits per heavy atom. The number of H-pyrrole nitrogens is 1. The summed E-state index contributed by atoms with van der Waals surface area (Å²) >= 11 is 0. The number of ether oxygens (including phenoxy) is 1. The summed E-state index contributed by atoms with van der Waals surface area (Å²) in [5.74, 6) is 3.53. The molecule has 0 aromatic carbocycles. The lowest BCUT2D eigenvalue weighted by Gasteiger charge is -2.39. The Bertz CT molecular complexity index is 1320. The van der Waals surface area contributed by atoms with Gasteiger partial charge in [0.2, 0.25) is 17.6 Å². The summed E-state index contributed by atoms with van der Waals surface area (Å²) in [6.45, 7) is 11.2. The Labute approximate surface area is 222 Å².